The lowest BCUT2D eigenvalue weighted by atomic mass is 10.0. The first-order valence-electron chi connectivity index (χ1n) is 11.3. The molecule has 35 heavy (non-hydrogen) atoms. The lowest BCUT2D eigenvalue weighted by Gasteiger charge is -2.20. The van der Waals surface area contributed by atoms with Gasteiger partial charge in [0.15, 0.2) is 7.14 Å². The van der Waals surface area contributed by atoms with Gasteiger partial charge in [-0.2, -0.15) is 0 Å². The summed E-state index contributed by atoms with van der Waals surface area (Å²) in [7, 11) is -3.04. The third-order valence-electron chi connectivity index (χ3n) is 6.25. The van der Waals surface area contributed by atoms with Crippen LogP contribution in [0, 0.1) is 0 Å². The smallest absolute Gasteiger partial charge is 0.171 e. The summed E-state index contributed by atoms with van der Waals surface area (Å²) in [6.45, 7) is 0. The zero-order chi connectivity index (χ0) is 23.8. The summed E-state index contributed by atoms with van der Waals surface area (Å²) in [4.78, 5) is 9.36. The molecule has 0 fully saturated rings. The maximum Gasteiger partial charge on any atom is 0.171 e. The van der Waals surface area contributed by atoms with Crippen LogP contribution in [0.15, 0.2) is 126 Å². The first-order valence-corrected chi connectivity index (χ1v) is 13.8. The van der Waals surface area contributed by atoms with Crippen LogP contribution in [-0.2, 0) is 4.57 Å². The van der Waals surface area contributed by atoms with Gasteiger partial charge in [0, 0.05) is 49.1 Å². The molecule has 0 N–H and O–H groups in total. The first kappa shape index (κ1) is 21.9. The second-order valence-corrected chi connectivity index (χ2v) is 12.1. The fourth-order valence-corrected chi connectivity index (χ4v) is 7.57. The fourth-order valence-electron chi connectivity index (χ4n) is 4.53. The van der Waals surface area contributed by atoms with Crippen molar-refractivity contribution in [2.24, 2.45) is 0 Å². The zero-order valence-corrected chi connectivity index (χ0v) is 21.2. The van der Waals surface area contributed by atoms with Crippen molar-refractivity contribution in [2.45, 2.75) is 0 Å². The Balaban J connectivity index is 1.50. The van der Waals surface area contributed by atoms with Crippen LogP contribution in [0.25, 0.3) is 32.9 Å². The van der Waals surface area contributed by atoms with Gasteiger partial charge in [0.2, 0.25) is 0 Å². The lowest BCUT2D eigenvalue weighted by Crippen LogP contribution is -2.25. The normalized spacial score (nSPS) is 11.7. The molecule has 0 atom stereocenters. The minimum absolute atomic E-state index is 0.803. The van der Waals surface area contributed by atoms with E-state index in [4.69, 9.17) is 4.98 Å². The second-order valence-electron chi connectivity index (χ2n) is 8.42. The topological polar surface area (TPSA) is 42.9 Å². The third-order valence-corrected chi connectivity index (χ3v) is 9.74. The molecule has 0 aliphatic rings. The Hall–Kier alpha value is -3.59. The summed E-state index contributed by atoms with van der Waals surface area (Å²) >= 11 is 3.49. The van der Waals surface area contributed by atoms with Crippen molar-refractivity contribution in [2.75, 3.05) is 0 Å². The van der Waals surface area contributed by atoms with Crippen molar-refractivity contribution < 1.29 is 4.57 Å². The summed E-state index contributed by atoms with van der Waals surface area (Å²) in [5, 5.41) is 4.51. The maximum atomic E-state index is 14.8. The third kappa shape index (κ3) is 3.89. The SMILES string of the molecule is O=P(c1ccccc1)(c1ccccc1)c1cccc(-c2cnc3c(ccc4cc(Br)cnc43)c2)c1. The Morgan fingerprint density at radius 2 is 1.11 bits per heavy atom. The van der Waals surface area contributed by atoms with Gasteiger partial charge < -0.3 is 4.57 Å². The standard InChI is InChI=1S/C30H20BrN2OP/c31-25-17-23-15-14-22-16-24(19-32-29(22)30(23)33-20-25)21-8-7-13-28(18-21)35(34,26-9-3-1-4-10-26)27-11-5-2-6-12-27/h1-20H. The molecule has 0 spiro atoms. The van der Waals surface area contributed by atoms with E-state index in [0.717, 1.165) is 53.3 Å². The molecule has 0 unspecified atom stereocenters. The highest BCUT2D eigenvalue weighted by molar-refractivity contribution is 9.10. The van der Waals surface area contributed by atoms with E-state index in [-0.39, 0.29) is 0 Å². The van der Waals surface area contributed by atoms with Gasteiger partial charge in [-0.05, 0) is 39.7 Å². The van der Waals surface area contributed by atoms with E-state index in [2.05, 4.69) is 39.1 Å². The van der Waals surface area contributed by atoms with Gasteiger partial charge in [0.05, 0.1) is 11.0 Å². The number of rotatable bonds is 4. The molecular weight excluding hydrogens is 515 g/mol. The first-order chi connectivity index (χ1) is 17.1. The molecule has 3 nitrogen and oxygen atoms in total. The molecular formula is C30H20BrN2OP. The second kappa shape index (κ2) is 8.88. The number of halogens is 1. The predicted molar refractivity (Wildman–Crippen MR) is 150 cm³/mol. The highest BCUT2D eigenvalue weighted by Crippen LogP contribution is 2.43. The summed E-state index contributed by atoms with van der Waals surface area (Å²) in [6, 6.07) is 35.8. The van der Waals surface area contributed by atoms with E-state index in [1.165, 1.54) is 0 Å². The van der Waals surface area contributed by atoms with Crippen LogP contribution in [0.3, 0.4) is 0 Å². The predicted octanol–water partition coefficient (Wildman–Crippen LogP) is 6.85. The van der Waals surface area contributed by atoms with E-state index in [1.807, 2.05) is 97.2 Å². The monoisotopic (exact) mass is 534 g/mol. The molecule has 2 heterocycles. The zero-order valence-electron chi connectivity index (χ0n) is 18.7. The molecule has 0 aliphatic carbocycles. The van der Waals surface area contributed by atoms with Crippen molar-refractivity contribution in [1.29, 1.82) is 0 Å². The van der Waals surface area contributed by atoms with Crippen LogP contribution in [0.4, 0.5) is 0 Å². The van der Waals surface area contributed by atoms with E-state index < -0.39 is 7.14 Å². The summed E-state index contributed by atoms with van der Waals surface area (Å²) in [5.41, 5.74) is 3.70. The number of pyridine rings is 2. The van der Waals surface area contributed by atoms with Crippen LogP contribution in [0.5, 0.6) is 0 Å². The Morgan fingerprint density at radius 3 is 1.77 bits per heavy atom. The van der Waals surface area contributed by atoms with E-state index in [9.17, 15) is 4.57 Å². The minimum Gasteiger partial charge on any atom is -0.309 e. The Morgan fingerprint density at radius 1 is 0.543 bits per heavy atom. The lowest BCUT2D eigenvalue weighted by molar-refractivity contribution is 0.592. The molecule has 6 rings (SSSR count). The molecule has 0 aliphatic heterocycles. The summed E-state index contributed by atoms with van der Waals surface area (Å²) < 4.78 is 15.7. The molecule has 6 aromatic rings. The van der Waals surface area contributed by atoms with Crippen molar-refractivity contribution in [3.63, 3.8) is 0 Å². The fraction of sp³-hybridized carbons (Fsp3) is 0. The number of hydrogen-bond acceptors (Lipinski definition) is 3. The quantitative estimate of drug-likeness (QED) is 0.183. The van der Waals surface area contributed by atoms with Gasteiger partial charge in [0.1, 0.15) is 0 Å². The van der Waals surface area contributed by atoms with Gasteiger partial charge >= 0.3 is 0 Å². The van der Waals surface area contributed by atoms with Crippen molar-refractivity contribution >= 4 is 60.8 Å². The van der Waals surface area contributed by atoms with Crippen LogP contribution < -0.4 is 15.9 Å². The molecule has 2 aromatic heterocycles. The van der Waals surface area contributed by atoms with Crippen molar-refractivity contribution in [3.05, 3.63) is 126 Å². The van der Waals surface area contributed by atoms with Gasteiger partial charge in [-0.25, -0.2) is 0 Å². The van der Waals surface area contributed by atoms with E-state index in [0.29, 0.717) is 0 Å². The highest BCUT2D eigenvalue weighted by Gasteiger charge is 2.29. The highest BCUT2D eigenvalue weighted by atomic mass is 79.9. The van der Waals surface area contributed by atoms with Gasteiger partial charge in [-0.15, -0.1) is 0 Å². The van der Waals surface area contributed by atoms with Crippen LogP contribution in [0.1, 0.15) is 0 Å². The van der Waals surface area contributed by atoms with Crippen molar-refractivity contribution in [1.82, 2.24) is 9.97 Å². The van der Waals surface area contributed by atoms with E-state index >= 15 is 0 Å². The largest absolute Gasteiger partial charge is 0.309 e. The number of fused-ring (bicyclic) bond motifs is 3. The molecule has 0 bridgehead atoms. The molecule has 0 saturated carbocycles. The summed E-state index contributed by atoms with van der Waals surface area (Å²) in [5.74, 6) is 0. The van der Waals surface area contributed by atoms with E-state index in [1.54, 1.807) is 6.20 Å². The van der Waals surface area contributed by atoms with Gasteiger partial charge in [-0.3, -0.25) is 9.97 Å². The average Bonchev–Trinajstić information content (AvgIpc) is 2.93. The number of nitrogens with zero attached hydrogens (tertiary/aromatic N) is 2. The number of benzene rings is 4. The number of hydrogen-bond donors (Lipinski definition) is 0. The minimum atomic E-state index is -3.04. The summed E-state index contributed by atoms with van der Waals surface area (Å²) in [6.07, 6.45) is 3.67. The Bertz CT molecular complexity index is 1690. The molecule has 0 amide bonds. The van der Waals surface area contributed by atoms with Crippen LogP contribution in [0.2, 0.25) is 0 Å². The molecule has 0 radical (unpaired) electrons. The number of aromatic nitrogens is 2. The van der Waals surface area contributed by atoms with Crippen molar-refractivity contribution in [3.8, 4) is 11.1 Å². The van der Waals surface area contributed by atoms with Gasteiger partial charge in [0.25, 0.3) is 0 Å². The maximum absolute atomic E-state index is 14.8. The molecule has 4 aromatic carbocycles. The molecule has 5 heteroatoms. The average molecular weight is 535 g/mol. The van der Waals surface area contributed by atoms with Crippen LogP contribution in [-0.4, -0.2) is 9.97 Å². The van der Waals surface area contributed by atoms with Gasteiger partial charge in [-0.1, -0.05) is 91.0 Å². The molecule has 0 saturated heterocycles. The Labute approximate surface area is 212 Å². The molecule has 168 valence electrons. The Kier molecular flexibility index (Phi) is 5.56. The van der Waals surface area contributed by atoms with Crippen LogP contribution >= 0.6 is 23.1 Å².